The summed E-state index contributed by atoms with van der Waals surface area (Å²) >= 11 is 0. The topological polar surface area (TPSA) is 39.2 Å². The van der Waals surface area contributed by atoms with Crippen LogP contribution in [-0.4, -0.2) is 11.0 Å². The van der Waals surface area contributed by atoms with Crippen LogP contribution in [0.2, 0.25) is 0 Å². The second-order valence-electron chi connectivity index (χ2n) is 7.12. The first-order chi connectivity index (χ1) is 13.3. The average Bonchev–Trinajstić information content (AvgIpc) is 2.70. The molecule has 0 atom stereocenters. The van der Waals surface area contributed by atoms with Gasteiger partial charge in [0.05, 0.1) is 5.69 Å². The number of rotatable bonds is 15. The Morgan fingerprint density at radius 1 is 0.889 bits per heavy atom. The Balaban J connectivity index is 1.83. The number of aromatic nitrogens is 1. The lowest BCUT2D eigenvalue weighted by Gasteiger charge is -2.04. The number of carbonyl (C=O) groups is 1. The summed E-state index contributed by atoms with van der Waals surface area (Å²) in [7, 11) is 0. The fourth-order valence-electron chi connectivity index (χ4n) is 2.89. The van der Waals surface area contributed by atoms with Crippen LogP contribution in [0.4, 0.5) is 0 Å². The zero-order valence-electron chi connectivity index (χ0n) is 17.2. The second-order valence-corrected chi connectivity index (χ2v) is 7.12. The molecule has 0 unspecified atom stereocenters. The van der Waals surface area contributed by atoms with Crippen LogP contribution in [0.25, 0.3) is 0 Å². The molecule has 0 saturated heterocycles. The van der Waals surface area contributed by atoms with Gasteiger partial charge in [0, 0.05) is 25.5 Å². The molecule has 0 N–H and O–H groups in total. The molecule has 1 heterocycles. The number of esters is 1. The van der Waals surface area contributed by atoms with Gasteiger partial charge in [-0.25, -0.2) is 0 Å². The van der Waals surface area contributed by atoms with Crippen LogP contribution in [0.1, 0.15) is 103 Å². The van der Waals surface area contributed by atoms with E-state index in [-0.39, 0.29) is 12.6 Å². The van der Waals surface area contributed by atoms with Crippen molar-refractivity contribution in [2.24, 2.45) is 0 Å². The second kappa shape index (κ2) is 17.6. The Morgan fingerprint density at radius 2 is 1.52 bits per heavy atom. The first kappa shape index (κ1) is 23.2. The molecule has 3 heteroatoms. The summed E-state index contributed by atoms with van der Waals surface area (Å²) in [4.78, 5) is 15.8. The molecule has 0 fully saturated rings. The van der Waals surface area contributed by atoms with Gasteiger partial charge in [0.15, 0.2) is 0 Å². The van der Waals surface area contributed by atoms with Crippen molar-refractivity contribution in [1.29, 1.82) is 0 Å². The van der Waals surface area contributed by atoms with Crippen LogP contribution >= 0.6 is 0 Å². The Bertz CT molecular complexity index is 530. The van der Waals surface area contributed by atoms with E-state index >= 15 is 0 Å². The summed E-state index contributed by atoms with van der Waals surface area (Å²) in [6.07, 6.45) is 17.9. The van der Waals surface area contributed by atoms with Gasteiger partial charge in [-0.3, -0.25) is 9.78 Å². The first-order valence-electron chi connectivity index (χ1n) is 10.8. The fourth-order valence-corrected chi connectivity index (χ4v) is 2.89. The smallest absolute Gasteiger partial charge is 0.306 e. The van der Waals surface area contributed by atoms with Crippen LogP contribution < -0.4 is 0 Å². The molecule has 1 rings (SSSR count). The molecule has 1 aromatic rings. The largest absolute Gasteiger partial charge is 0.459 e. The van der Waals surface area contributed by atoms with Crippen molar-refractivity contribution in [2.45, 2.75) is 103 Å². The fraction of sp³-hybridized carbons (Fsp3) is 0.667. The van der Waals surface area contributed by atoms with Gasteiger partial charge in [0.1, 0.15) is 6.61 Å². The van der Waals surface area contributed by atoms with Crippen molar-refractivity contribution < 1.29 is 9.53 Å². The van der Waals surface area contributed by atoms with E-state index in [0.717, 1.165) is 31.4 Å². The Labute approximate surface area is 166 Å². The molecule has 0 aliphatic heterocycles. The number of ether oxygens (including phenoxy) is 1. The maximum atomic E-state index is 11.7. The third-order valence-electron chi connectivity index (χ3n) is 4.57. The van der Waals surface area contributed by atoms with Gasteiger partial charge in [-0.05, 0) is 31.4 Å². The molecule has 1 aromatic heterocycles. The SMILES string of the molecule is CCCCCCCCC#CCCCCCCCC(=O)OCc1ccccn1. The summed E-state index contributed by atoms with van der Waals surface area (Å²) < 4.78 is 5.23. The van der Waals surface area contributed by atoms with Crippen molar-refractivity contribution >= 4 is 5.97 Å². The zero-order chi connectivity index (χ0) is 19.4. The maximum Gasteiger partial charge on any atom is 0.306 e. The lowest BCUT2D eigenvalue weighted by atomic mass is 10.1. The molecule has 0 saturated carbocycles. The third-order valence-corrected chi connectivity index (χ3v) is 4.57. The highest BCUT2D eigenvalue weighted by molar-refractivity contribution is 5.69. The average molecular weight is 372 g/mol. The molecule has 150 valence electrons. The zero-order valence-corrected chi connectivity index (χ0v) is 17.2. The normalized spacial score (nSPS) is 10.3. The van der Waals surface area contributed by atoms with Gasteiger partial charge in [-0.1, -0.05) is 64.4 Å². The van der Waals surface area contributed by atoms with Crippen molar-refractivity contribution in [1.82, 2.24) is 4.98 Å². The predicted octanol–water partition coefficient (Wildman–Crippen LogP) is 6.61. The van der Waals surface area contributed by atoms with Crippen molar-refractivity contribution in [3.63, 3.8) is 0 Å². The number of nitrogens with zero attached hydrogens (tertiary/aromatic N) is 1. The van der Waals surface area contributed by atoms with E-state index in [4.69, 9.17) is 4.74 Å². The Hall–Kier alpha value is -1.82. The van der Waals surface area contributed by atoms with Gasteiger partial charge in [0.2, 0.25) is 0 Å². The summed E-state index contributed by atoms with van der Waals surface area (Å²) in [5, 5.41) is 0. The van der Waals surface area contributed by atoms with E-state index in [1.54, 1.807) is 6.20 Å². The Morgan fingerprint density at radius 3 is 2.15 bits per heavy atom. The molecule has 0 amide bonds. The minimum Gasteiger partial charge on any atom is -0.459 e. The van der Waals surface area contributed by atoms with E-state index in [1.807, 2.05) is 18.2 Å². The Kier molecular flexibility index (Phi) is 15.1. The number of unbranched alkanes of at least 4 members (excludes halogenated alkanes) is 11. The number of hydrogen-bond donors (Lipinski definition) is 0. The lowest BCUT2D eigenvalue weighted by Crippen LogP contribution is -2.05. The van der Waals surface area contributed by atoms with Gasteiger partial charge in [-0.2, -0.15) is 0 Å². The molecule has 27 heavy (non-hydrogen) atoms. The highest BCUT2D eigenvalue weighted by atomic mass is 16.5. The number of carbonyl (C=O) groups excluding carboxylic acids is 1. The van der Waals surface area contributed by atoms with E-state index in [9.17, 15) is 4.79 Å². The molecule has 0 aromatic carbocycles. The van der Waals surface area contributed by atoms with Gasteiger partial charge >= 0.3 is 5.97 Å². The van der Waals surface area contributed by atoms with Crippen LogP contribution in [-0.2, 0) is 16.1 Å². The van der Waals surface area contributed by atoms with Crippen LogP contribution in [0.5, 0.6) is 0 Å². The van der Waals surface area contributed by atoms with Gasteiger partial charge in [-0.15, -0.1) is 11.8 Å². The van der Waals surface area contributed by atoms with Crippen molar-refractivity contribution in [3.8, 4) is 11.8 Å². The molecule has 0 spiro atoms. The minimum absolute atomic E-state index is 0.124. The van der Waals surface area contributed by atoms with Gasteiger partial charge < -0.3 is 4.74 Å². The van der Waals surface area contributed by atoms with Crippen molar-refractivity contribution in [3.05, 3.63) is 30.1 Å². The summed E-state index contributed by atoms with van der Waals surface area (Å²) in [6.45, 7) is 2.53. The lowest BCUT2D eigenvalue weighted by molar-refractivity contribution is -0.145. The number of hydrogen-bond acceptors (Lipinski definition) is 3. The molecule has 0 aliphatic carbocycles. The predicted molar refractivity (Wildman–Crippen MR) is 112 cm³/mol. The van der Waals surface area contributed by atoms with Crippen molar-refractivity contribution in [2.75, 3.05) is 0 Å². The monoisotopic (exact) mass is 371 g/mol. The molecular formula is C24H37NO2. The van der Waals surface area contributed by atoms with Crippen LogP contribution in [0.15, 0.2) is 24.4 Å². The molecule has 3 nitrogen and oxygen atoms in total. The number of pyridine rings is 1. The standard InChI is InChI=1S/C24H37NO2/c1-2-3-4-5-6-7-8-9-10-11-12-13-14-15-16-20-24(26)27-22-23-19-17-18-21-25-23/h17-19,21H,2-8,11-16,20,22H2,1H3. The molecular weight excluding hydrogens is 334 g/mol. The van der Waals surface area contributed by atoms with Gasteiger partial charge in [0.25, 0.3) is 0 Å². The minimum atomic E-state index is -0.124. The summed E-state index contributed by atoms with van der Waals surface area (Å²) in [5.41, 5.74) is 0.795. The highest BCUT2D eigenvalue weighted by Crippen LogP contribution is 2.09. The van der Waals surface area contributed by atoms with Crippen LogP contribution in [0, 0.1) is 11.8 Å². The molecule has 0 aliphatic rings. The first-order valence-corrected chi connectivity index (χ1v) is 10.8. The summed E-state index contributed by atoms with van der Waals surface area (Å²) in [5.74, 6) is 6.48. The van der Waals surface area contributed by atoms with Crippen LogP contribution in [0.3, 0.4) is 0 Å². The van der Waals surface area contributed by atoms with E-state index < -0.39 is 0 Å². The maximum absolute atomic E-state index is 11.7. The van der Waals surface area contributed by atoms with E-state index in [1.165, 1.54) is 57.8 Å². The highest BCUT2D eigenvalue weighted by Gasteiger charge is 2.03. The third kappa shape index (κ3) is 15.0. The molecule has 0 radical (unpaired) electrons. The molecule has 0 bridgehead atoms. The quantitative estimate of drug-likeness (QED) is 0.198. The van der Waals surface area contributed by atoms with E-state index in [0.29, 0.717) is 6.42 Å². The summed E-state index contributed by atoms with van der Waals surface area (Å²) in [6, 6.07) is 5.62. The van der Waals surface area contributed by atoms with E-state index in [2.05, 4.69) is 23.7 Å².